The van der Waals surface area contributed by atoms with Gasteiger partial charge in [-0.15, -0.1) is 0 Å². The summed E-state index contributed by atoms with van der Waals surface area (Å²) >= 11 is 0. The Balaban J connectivity index is 1.84. The van der Waals surface area contributed by atoms with Gasteiger partial charge in [0, 0.05) is 18.6 Å². The Bertz CT molecular complexity index is 486. The van der Waals surface area contributed by atoms with E-state index in [2.05, 4.69) is 5.32 Å². The molecule has 2 heterocycles. The Morgan fingerprint density at radius 1 is 1.17 bits per heavy atom. The van der Waals surface area contributed by atoms with Crippen molar-refractivity contribution >= 4 is 5.91 Å². The minimum absolute atomic E-state index is 0.0255. The number of amides is 1. The molecule has 1 atom stereocenters. The van der Waals surface area contributed by atoms with E-state index < -0.39 is 0 Å². The molecule has 18 heavy (non-hydrogen) atoms. The topological polar surface area (TPSA) is 56.8 Å². The van der Waals surface area contributed by atoms with E-state index in [4.69, 9.17) is 14.2 Å². The summed E-state index contributed by atoms with van der Waals surface area (Å²) in [6, 6.07) is 3.84. The molecule has 1 amide bonds. The van der Waals surface area contributed by atoms with E-state index in [1.165, 1.54) is 6.92 Å². The first-order valence-corrected chi connectivity index (χ1v) is 6.05. The van der Waals surface area contributed by atoms with E-state index in [0.29, 0.717) is 19.8 Å². The quantitative estimate of drug-likeness (QED) is 0.803. The fourth-order valence-corrected chi connectivity index (χ4v) is 2.30. The third kappa shape index (κ3) is 2.08. The smallest absolute Gasteiger partial charge is 0.217 e. The van der Waals surface area contributed by atoms with Gasteiger partial charge in [0.25, 0.3) is 0 Å². The van der Waals surface area contributed by atoms with E-state index in [1.807, 2.05) is 12.1 Å². The maximum atomic E-state index is 11.0. The third-order valence-electron chi connectivity index (χ3n) is 3.04. The maximum Gasteiger partial charge on any atom is 0.217 e. The number of rotatable bonds is 1. The molecule has 0 saturated heterocycles. The highest BCUT2D eigenvalue weighted by atomic mass is 16.6. The fraction of sp³-hybridized carbons (Fsp3) is 0.462. The van der Waals surface area contributed by atoms with Gasteiger partial charge in [-0.2, -0.15) is 0 Å². The normalized spacial score (nSPS) is 20.6. The zero-order chi connectivity index (χ0) is 12.5. The summed E-state index contributed by atoms with van der Waals surface area (Å²) in [6.07, 6.45) is 0.756. The molecule has 0 saturated carbocycles. The van der Waals surface area contributed by atoms with Crippen LogP contribution in [0.25, 0.3) is 0 Å². The molecule has 0 aliphatic carbocycles. The van der Waals surface area contributed by atoms with Crippen LogP contribution in [0.1, 0.15) is 12.5 Å². The van der Waals surface area contributed by atoms with E-state index in [9.17, 15) is 4.79 Å². The maximum absolute atomic E-state index is 11.0. The van der Waals surface area contributed by atoms with Gasteiger partial charge >= 0.3 is 0 Å². The van der Waals surface area contributed by atoms with Crippen molar-refractivity contribution in [3.8, 4) is 17.2 Å². The molecular weight excluding hydrogens is 234 g/mol. The number of carbonyl (C=O) groups is 1. The van der Waals surface area contributed by atoms with Gasteiger partial charge in [-0.3, -0.25) is 4.79 Å². The average Bonchev–Trinajstić information content (AvgIpc) is 2.35. The first-order chi connectivity index (χ1) is 8.72. The molecule has 0 fully saturated rings. The molecule has 0 bridgehead atoms. The van der Waals surface area contributed by atoms with Crippen molar-refractivity contribution in [1.29, 1.82) is 0 Å². The van der Waals surface area contributed by atoms with Crippen molar-refractivity contribution in [1.82, 2.24) is 5.32 Å². The van der Waals surface area contributed by atoms with E-state index in [-0.39, 0.29) is 11.9 Å². The van der Waals surface area contributed by atoms with Crippen molar-refractivity contribution in [3.05, 3.63) is 17.7 Å². The van der Waals surface area contributed by atoms with Crippen LogP contribution in [-0.4, -0.2) is 31.8 Å². The predicted molar refractivity (Wildman–Crippen MR) is 64.2 cm³/mol. The molecule has 0 aromatic heterocycles. The van der Waals surface area contributed by atoms with Crippen LogP contribution in [0.15, 0.2) is 12.1 Å². The van der Waals surface area contributed by atoms with E-state index in [1.54, 1.807) is 0 Å². The minimum atomic E-state index is -0.0374. The molecule has 5 heteroatoms. The summed E-state index contributed by atoms with van der Waals surface area (Å²) in [5.74, 6) is 2.27. The molecule has 2 aliphatic rings. The molecule has 1 aromatic rings. The molecule has 3 rings (SSSR count). The zero-order valence-electron chi connectivity index (χ0n) is 10.2. The Kier molecular flexibility index (Phi) is 2.74. The lowest BCUT2D eigenvalue weighted by atomic mass is 10.0. The van der Waals surface area contributed by atoms with Crippen LogP contribution in [0.4, 0.5) is 0 Å². The van der Waals surface area contributed by atoms with E-state index in [0.717, 1.165) is 29.2 Å². The van der Waals surface area contributed by atoms with Crippen molar-refractivity contribution in [3.63, 3.8) is 0 Å². The number of carbonyl (C=O) groups excluding carboxylic acids is 1. The zero-order valence-corrected chi connectivity index (χ0v) is 10.2. The highest BCUT2D eigenvalue weighted by Crippen LogP contribution is 2.38. The summed E-state index contributed by atoms with van der Waals surface area (Å²) in [6.45, 7) is 3.15. The van der Waals surface area contributed by atoms with Gasteiger partial charge in [0.15, 0.2) is 11.5 Å². The Morgan fingerprint density at radius 2 is 1.89 bits per heavy atom. The second-order valence-electron chi connectivity index (χ2n) is 4.52. The highest BCUT2D eigenvalue weighted by Gasteiger charge is 2.24. The minimum Gasteiger partial charge on any atom is -0.491 e. The van der Waals surface area contributed by atoms with Crippen molar-refractivity contribution in [2.75, 3.05) is 19.8 Å². The standard InChI is InChI=1S/C13H15NO4/c1-8(15)14-10-4-9-5-12-13(17-3-2-16-12)6-11(9)18-7-10/h5-6,10H,2-4,7H2,1H3,(H,14,15)/t10-/m1/s1. The SMILES string of the molecule is CC(=O)N[C@H]1COc2cc3c(cc2C1)OCCO3. The second kappa shape index (κ2) is 4.40. The summed E-state index contributed by atoms with van der Waals surface area (Å²) in [5, 5.41) is 2.87. The molecule has 0 radical (unpaired) electrons. The highest BCUT2D eigenvalue weighted by molar-refractivity contribution is 5.73. The molecule has 1 N–H and O–H groups in total. The molecule has 2 aliphatic heterocycles. The number of hydrogen-bond acceptors (Lipinski definition) is 4. The van der Waals surface area contributed by atoms with Crippen LogP contribution in [0.2, 0.25) is 0 Å². The average molecular weight is 249 g/mol. The van der Waals surface area contributed by atoms with Gasteiger partial charge in [-0.1, -0.05) is 0 Å². The molecule has 5 nitrogen and oxygen atoms in total. The summed E-state index contributed by atoms with van der Waals surface area (Å²) in [7, 11) is 0. The van der Waals surface area contributed by atoms with Gasteiger partial charge in [0.1, 0.15) is 25.6 Å². The Morgan fingerprint density at radius 3 is 2.61 bits per heavy atom. The fourth-order valence-electron chi connectivity index (χ4n) is 2.30. The van der Waals surface area contributed by atoms with Crippen molar-refractivity contribution in [2.45, 2.75) is 19.4 Å². The first-order valence-electron chi connectivity index (χ1n) is 6.05. The Hall–Kier alpha value is -1.91. The number of ether oxygens (including phenoxy) is 3. The summed E-state index contributed by atoms with van der Waals surface area (Å²) < 4.78 is 16.7. The summed E-state index contributed by atoms with van der Waals surface area (Å²) in [4.78, 5) is 11.0. The van der Waals surface area contributed by atoms with E-state index >= 15 is 0 Å². The van der Waals surface area contributed by atoms with Gasteiger partial charge in [0.05, 0.1) is 6.04 Å². The second-order valence-corrected chi connectivity index (χ2v) is 4.52. The van der Waals surface area contributed by atoms with Crippen molar-refractivity contribution in [2.24, 2.45) is 0 Å². The monoisotopic (exact) mass is 249 g/mol. The number of fused-ring (bicyclic) bond motifs is 2. The van der Waals surface area contributed by atoms with Crippen LogP contribution >= 0.6 is 0 Å². The van der Waals surface area contributed by atoms with Gasteiger partial charge in [-0.25, -0.2) is 0 Å². The number of benzene rings is 1. The third-order valence-corrected chi connectivity index (χ3v) is 3.04. The first kappa shape index (κ1) is 11.2. The van der Waals surface area contributed by atoms with Gasteiger partial charge in [0.2, 0.25) is 5.91 Å². The van der Waals surface area contributed by atoms with Crippen LogP contribution in [-0.2, 0) is 11.2 Å². The van der Waals surface area contributed by atoms with Gasteiger partial charge < -0.3 is 19.5 Å². The molecule has 96 valence electrons. The van der Waals surface area contributed by atoms with Crippen LogP contribution in [0.5, 0.6) is 17.2 Å². The molecule has 0 unspecified atom stereocenters. The predicted octanol–water partition coefficient (Wildman–Crippen LogP) is 0.897. The van der Waals surface area contributed by atoms with Crippen LogP contribution in [0, 0.1) is 0 Å². The van der Waals surface area contributed by atoms with Gasteiger partial charge in [-0.05, 0) is 12.5 Å². The lowest BCUT2D eigenvalue weighted by Crippen LogP contribution is -2.41. The molecular formula is C13H15NO4. The largest absolute Gasteiger partial charge is 0.491 e. The lowest BCUT2D eigenvalue weighted by molar-refractivity contribution is -0.119. The number of nitrogens with one attached hydrogen (secondary N) is 1. The molecule has 1 aromatic carbocycles. The molecule has 0 spiro atoms. The number of hydrogen-bond donors (Lipinski definition) is 1. The van der Waals surface area contributed by atoms with Crippen LogP contribution in [0.3, 0.4) is 0 Å². The summed E-state index contributed by atoms with van der Waals surface area (Å²) in [5.41, 5.74) is 1.05. The lowest BCUT2D eigenvalue weighted by Gasteiger charge is -2.28. The Labute approximate surface area is 105 Å². The van der Waals surface area contributed by atoms with Crippen LogP contribution < -0.4 is 19.5 Å². The van der Waals surface area contributed by atoms with Crippen molar-refractivity contribution < 1.29 is 19.0 Å².